The average Bonchev–Trinajstić information content (AvgIpc) is 2.83. The Morgan fingerprint density at radius 3 is 2.48 bits per heavy atom. The minimum atomic E-state index is -1.03. The van der Waals surface area contributed by atoms with Gasteiger partial charge in [-0.25, -0.2) is 4.79 Å². The van der Waals surface area contributed by atoms with E-state index in [2.05, 4.69) is 17.2 Å². The molecule has 0 spiro atoms. The topological polar surface area (TPSA) is 79.3 Å². The molecule has 0 bridgehead atoms. The number of carboxylic acids is 1. The second-order valence-corrected chi connectivity index (χ2v) is 9.24. The van der Waals surface area contributed by atoms with Gasteiger partial charge in [0, 0.05) is 22.0 Å². The number of rotatable bonds is 12. The van der Waals surface area contributed by atoms with E-state index in [1.54, 1.807) is 30.5 Å². The molecule has 0 aliphatic rings. The molecule has 3 rings (SSSR count). The van der Waals surface area contributed by atoms with Crippen LogP contribution in [-0.4, -0.2) is 27.6 Å². The summed E-state index contributed by atoms with van der Waals surface area (Å²) < 4.78 is 0. The fraction of sp³-hybridized carbons (Fsp3) is 0.269. The number of anilines is 1. The number of ketones is 1. The summed E-state index contributed by atoms with van der Waals surface area (Å²) in [4.78, 5) is 29.6. The normalized spacial score (nSPS) is 10.7. The fourth-order valence-corrected chi connectivity index (χ4v) is 4.42. The molecule has 0 aliphatic carbocycles. The van der Waals surface area contributed by atoms with Crippen molar-refractivity contribution in [3.8, 4) is 0 Å². The third kappa shape index (κ3) is 7.34. The summed E-state index contributed by atoms with van der Waals surface area (Å²) in [5, 5.41) is 13.6. The SMILES string of the molecule is CCCCCCSc1ccc(C(=O)c2ccc(NCc3ccc(Cl)cc3)cn2)cc1C(=O)O. The van der Waals surface area contributed by atoms with Crippen LogP contribution in [0.25, 0.3) is 0 Å². The summed E-state index contributed by atoms with van der Waals surface area (Å²) in [6, 6.07) is 15.8. The van der Waals surface area contributed by atoms with E-state index in [-0.39, 0.29) is 17.0 Å². The van der Waals surface area contributed by atoms with E-state index < -0.39 is 5.97 Å². The van der Waals surface area contributed by atoms with Crippen LogP contribution in [0.1, 0.15) is 64.6 Å². The average molecular weight is 483 g/mol. The molecule has 172 valence electrons. The maximum absolute atomic E-state index is 12.9. The Morgan fingerprint density at radius 1 is 1.03 bits per heavy atom. The van der Waals surface area contributed by atoms with Gasteiger partial charge >= 0.3 is 5.97 Å². The number of aromatic carboxylic acids is 1. The molecule has 0 fully saturated rings. The monoisotopic (exact) mass is 482 g/mol. The number of nitrogens with one attached hydrogen (secondary N) is 1. The maximum atomic E-state index is 12.9. The lowest BCUT2D eigenvalue weighted by atomic mass is 10.0. The molecule has 7 heteroatoms. The number of pyridine rings is 1. The van der Waals surface area contributed by atoms with Gasteiger partial charge in [-0.1, -0.05) is 49.9 Å². The van der Waals surface area contributed by atoms with E-state index in [9.17, 15) is 14.7 Å². The largest absolute Gasteiger partial charge is 0.478 e. The number of carbonyl (C=O) groups excluding carboxylic acids is 1. The number of aromatic nitrogens is 1. The quantitative estimate of drug-likeness (QED) is 0.165. The highest BCUT2D eigenvalue weighted by Gasteiger charge is 2.17. The Kier molecular flexibility index (Phi) is 9.34. The van der Waals surface area contributed by atoms with Gasteiger partial charge < -0.3 is 10.4 Å². The number of carbonyl (C=O) groups is 2. The van der Waals surface area contributed by atoms with E-state index >= 15 is 0 Å². The molecule has 0 amide bonds. The fourth-order valence-electron chi connectivity index (χ4n) is 3.26. The molecule has 5 nitrogen and oxygen atoms in total. The molecule has 1 heterocycles. The molecule has 0 radical (unpaired) electrons. The third-order valence-corrected chi connectivity index (χ3v) is 6.55. The van der Waals surface area contributed by atoms with Crippen LogP contribution in [0.15, 0.2) is 65.7 Å². The number of benzene rings is 2. The van der Waals surface area contributed by atoms with Crippen LogP contribution in [0.5, 0.6) is 0 Å². The van der Waals surface area contributed by atoms with Crippen LogP contribution in [0.3, 0.4) is 0 Å². The van der Waals surface area contributed by atoms with E-state index in [4.69, 9.17) is 11.6 Å². The summed E-state index contributed by atoms with van der Waals surface area (Å²) in [5.74, 6) is -0.476. The van der Waals surface area contributed by atoms with Gasteiger partial charge in [0.05, 0.1) is 17.4 Å². The van der Waals surface area contributed by atoms with Crippen molar-refractivity contribution in [1.82, 2.24) is 4.98 Å². The highest BCUT2D eigenvalue weighted by Crippen LogP contribution is 2.26. The van der Waals surface area contributed by atoms with Gasteiger partial charge in [-0.2, -0.15) is 0 Å². The predicted octanol–water partition coefficient (Wildman–Crippen LogP) is 6.95. The first-order valence-electron chi connectivity index (χ1n) is 11.0. The molecule has 0 saturated carbocycles. The van der Waals surface area contributed by atoms with Gasteiger partial charge in [-0.05, 0) is 60.2 Å². The molecule has 0 unspecified atom stereocenters. The van der Waals surface area contributed by atoms with Crippen LogP contribution >= 0.6 is 23.4 Å². The zero-order chi connectivity index (χ0) is 23.6. The van der Waals surface area contributed by atoms with Crippen molar-refractivity contribution in [2.24, 2.45) is 0 Å². The van der Waals surface area contributed by atoms with Crippen LogP contribution in [0.4, 0.5) is 5.69 Å². The second kappa shape index (κ2) is 12.4. The summed E-state index contributed by atoms with van der Waals surface area (Å²) in [6.07, 6.45) is 6.12. The number of hydrogen-bond acceptors (Lipinski definition) is 5. The van der Waals surface area contributed by atoms with Crippen molar-refractivity contribution in [1.29, 1.82) is 0 Å². The zero-order valence-electron chi connectivity index (χ0n) is 18.5. The van der Waals surface area contributed by atoms with E-state index in [0.717, 1.165) is 36.3 Å². The summed E-state index contributed by atoms with van der Waals surface area (Å²) in [6.45, 7) is 2.76. The van der Waals surface area contributed by atoms with Crippen LogP contribution in [0.2, 0.25) is 5.02 Å². The summed E-state index contributed by atoms with van der Waals surface area (Å²) >= 11 is 7.43. The van der Waals surface area contributed by atoms with Crippen LogP contribution in [0, 0.1) is 0 Å². The Balaban J connectivity index is 1.64. The molecule has 33 heavy (non-hydrogen) atoms. The molecular formula is C26H27ClN2O3S. The third-order valence-electron chi connectivity index (χ3n) is 5.13. The zero-order valence-corrected chi connectivity index (χ0v) is 20.1. The Bertz CT molecular complexity index is 1090. The van der Waals surface area contributed by atoms with Gasteiger partial charge in [0.15, 0.2) is 0 Å². The summed E-state index contributed by atoms with van der Waals surface area (Å²) in [5.41, 5.74) is 2.59. The number of carboxylic acid groups (broad SMARTS) is 1. The number of halogens is 1. The minimum absolute atomic E-state index is 0.155. The molecule has 0 atom stereocenters. The Hall–Kier alpha value is -2.83. The van der Waals surface area contributed by atoms with E-state index in [1.807, 2.05) is 24.3 Å². The van der Waals surface area contributed by atoms with Gasteiger partial charge in [0.25, 0.3) is 0 Å². The molecule has 2 aromatic carbocycles. The van der Waals surface area contributed by atoms with Crippen LogP contribution < -0.4 is 5.32 Å². The molecule has 2 N–H and O–H groups in total. The van der Waals surface area contributed by atoms with E-state index in [1.165, 1.54) is 24.2 Å². The molecule has 0 saturated heterocycles. The first kappa shape index (κ1) is 24.8. The smallest absolute Gasteiger partial charge is 0.336 e. The van der Waals surface area contributed by atoms with Crippen molar-refractivity contribution < 1.29 is 14.7 Å². The van der Waals surface area contributed by atoms with Crippen molar-refractivity contribution >= 4 is 40.8 Å². The highest BCUT2D eigenvalue weighted by molar-refractivity contribution is 7.99. The van der Waals surface area contributed by atoms with Crippen molar-refractivity contribution in [3.05, 3.63) is 88.2 Å². The van der Waals surface area contributed by atoms with Gasteiger partial charge in [0.2, 0.25) is 5.78 Å². The van der Waals surface area contributed by atoms with Crippen molar-refractivity contribution in [2.45, 2.75) is 44.0 Å². The Labute approximate surface area is 203 Å². The van der Waals surface area contributed by atoms with E-state index in [0.29, 0.717) is 22.0 Å². The first-order chi connectivity index (χ1) is 16.0. The molecule has 3 aromatic rings. The lowest BCUT2D eigenvalue weighted by Gasteiger charge is -2.09. The number of hydrogen-bond donors (Lipinski definition) is 2. The number of unbranched alkanes of at least 4 members (excludes halogenated alkanes) is 3. The molecular weight excluding hydrogens is 456 g/mol. The molecule has 0 aliphatic heterocycles. The Morgan fingerprint density at radius 2 is 1.82 bits per heavy atom. The first-order valence-corrected chi connectivity index (χ1v) is 12.3. The lowest BCUT2D eigenvalue weighted by molar-refractivity contribution is 0.0693. The number of thioether (sulfide) groups is 1. The summed E-state index contributed by atoms with van der Waals surface area (Å²) in [7, 11) is 0. The second-order valence-electron chi connectivity index (χ2n) is 7.67. The van der Waals surface area contributed by atoms with Gasteiger partial charge in [-0.3, -0.25) is 9.78 Å². The predicted molar refractivity (Wildman–Crippen MR) is 135 cm³/mol. The highest BCUT2D eigenvalue weighted by atomic mass is 35.5. The standard InChI is InChI=1S/C26H27ClN2O3S/c1-2-3-4-5-14-33-24-13-8-19(15-22(24)26(31)32)25(30)23-12-11-21(17-29-23)28-16-18-6-9-20(27)10-7-18/h6-13,15,17,28H,2-5,14,16H2,1H3,(H,31,32). The van der Waals surface area contributed by atoms with Crippen molar-refractivity contribution in [2.75, 3.05) is 11.1 Å². The van der Waals surface area contributed by atoms with Gasteiger partial charge in [0.1, 0.15) is 5.69 Å². The van der Waals surface area contributed by atoms with Crippen molar-refractivity contribution in [3.63, 3.8) is 0 Å². The number of nitrogens with zero attached hydrogens (tertiary/aromatic N) is 1. The molecule has 1 aromatic heterocycles. The van der Waals surface area contributed by atoms with Gasteiger partial charge in [-0.15, -0.1) is 11.8 Å². The maximum Gasteiger partial charge on any atom is 0.336 e. The minimum Gasteiger partial charge on any atom is -0.478 e. The van der Waals surface area contributed by atoms with Crippen LogP contribution in [-0.2, 0) is 6.54 Å². The lowest BCUT2D eigenvalue weighted by Crippen LogP contribution is -2.08.